The van der Waals surface area contributed by atoms with E-state index in [1.807, 2.05) is 30.3 Å². The molecule has 2 aromatic carbocycles. The Hall–Kier alpha value is -2.33. The molecule has 2 rings (SSSR count). The average Bonchev–Trinajstić information content (AvgIpc) is 2.52. The summed E-state index contributed by atoms with van der Waals surface area (Å²) < 4.78 is 0. The van der Waals surface area contributed by atoms with Crippen LogP contribution in [0.4, 0.5) is 4.79 Å². The third kappa shape index (κ3) is 3.83. The van der Waals surface area contributed by atoms with Gasteiger partial charge in [-0.2, -0.15) is 0 Å². The van der Waals surface area contributed by atoms with E-state index in [2.05, 4.69) is 5.32 Å². The first-order chi connectivity index (χ1) is 10.1. The lowest BCUT2D eigenvalue weighted by Crippen LogP contribution is -2.40. The highest BCUT2D eigenvalue weighted by molar-refractivity contribution is 6.34. The third-order valence-corrected chi connectivity index (χ3v) is 3.33. The molecule has 0 aliphatic rings. The molecule has 0 aromatic heterocycles. The molecule has 0 heterocycles. The first-order valence-electron chi connectivity index (χ1n) is 6.44. The lowest BCUT2D eigenvalue weighted by molar-refractivity contribution is 0.0831. The lowest BCUT2D eigenvalue weighted by atomic mass is 10.2. The van der Waals surface area contributed by atoms with Crippen LogP contribution >= 0.6 is 11.6 Å². The van der Waals surface area contributed by atoms with E-state index in [1.165, 1.54) is 7.05 Å². The first-order valence-corrected chi connectivity index (χ1v) is 6.81. The zero-order chi connectivity index (χ0) is 15.2. The van der Waals surface area contributed by atoms with Crippen LogP contribution < -0.4 is 5.32 Å². The molecule has 0 aliphatic carbocycles. The largest absolute Gasteiger partial charge is 0.334 e. The molecule has 4 nitrogen and oxygen atoms in total. The average molecular weight is 303 g/mol. The van der Waals surface area contributed by atoms with Crippen molar-refractivity contribution < 1.29 is 9.59 Å². The number of hydrogen-bond donors (Lipinski definition) is 1. The molecule has 3 amide bonds. The third-order valence-electron chi connectivity index (χ3n) is 3.00. The van der Waals surface area contributed by atoms with Gasteiger partial charge in [0.15, 0.2) is 0 Å². The molecule has 0 atom stereocenters. The van der Waals surface area contributed by atoms with Crippen molar-refractivity contribution in [3.8, 4) is 0 Å². The summed E-state index contributed by atoms with van der Waals surface area (Å²) >= 11 is 5.96. The summed E-state index contributed by atoms with van der Waals surface area (Å²) in [7, 11) is 1.42. The van der Waals surface area contributed by atoms with Crippen molar-refractivity contribution >= 4 is 23.5 Å². The van der Waals surface area contributed by atoms with Gasteiger partial charge in [-0.25, -0.2) is 4.79 Å². The fourth-order valence-corrected chi connectivity index (χ4v) is 2.02. The molecule has 0 bridgehead atoms. The topological polar surface area (TPSA) is 49.4 Å². The fraction of sp³-hybridized carbons (Fsp3) is 0.125. The second-order valence-corrected chi connectivity index (χ2v) is 4.90. The normalized spacial score (nSPS) is 10.0. The van der Waals surface area contributed by atoms with Crippen molar-refractivity contribution in [2.75, 3.05) is 7.05 Å². The number of nitrogens with zero attached hydrogens (tertiary/aromatic N) is 1. The summed E-state index contributed by atoms with van der Waals surface area (Å²) in [6.45, 7) is 0.361. The highest BCUT2D eigenvalue weighted by Gasteiger charge is 2.20. The molecule has 0 saturated heterocycles. The Balaban J connectivity index is 1.99. The van der Waals surface area contributed by atoms with Gasteiger partial charge in [0.05, 0.1) is 10.6 Å². The number of imide groups is 1. The monoisotopic (exact) mass is 302 g/mol. The van der Waals surface area contributed by atoms with Gasteiger partial charge in [-0.05, 0) is 17.7 Å². The Labute approximate surface area is 128 Å². The van der Waals surface area contributed by atoms with Crippen LogP contribution in [0.3, 0.4) is 0 Å². The van der Waals surface area contributed by atoms with E-state index in [-0.39, 0.29) is 0 Å². The van der Waals surface area contributed by atoms with E-state index in [9.17, 15) is 9.59 Å². The standard InChI is InChI=1S/C16H15ClN2O2/c1-19(15(20)13-9-5-6-10-14(13)17)16(21)18-11-12-7-3-2-4-8-12/h2-10H,11H2,1H3,(H,18,21). The summed E-state index contributed by atoms with van der Waals surface area (Å²) in [6, 6.07) is 15.6. The Kier molecular flexibility index (Phi) is 4.95. The summed E-state index contributed by atoms with van der Waals surface area (Å²) in [5.74, 6) is -0.439. The van der Waals surface area contributed by atoms with Crippen LogP contribution in [-0.4, -0.2) is 23.9 Å². The molecule has 5 heteroatoms. The van der Waals surface area contributed by atoms with Crippen LogP contribution in [0.25, 0.3) is 0 Å². The number of benzene rings is 2. The molecule has 0 radical (unpaired) electrons. The van der Waals surface area contributed by atoms with Crippen LogP contribution in [0.5, 0.6) is 0 Å². The number of carbonyl (C=O) groups excluding carboxylic acids is 2. The Morgan fingerprint density at radius 1 is 1.05 bits per heavy atom. The summed E-state index contributed by atoms with van der Waals surface area (Å²) in [6.07, 6.45) is 0. The number of urea groups is 1. The second-order valence-electron chi connectivity index (χ2n) is 4.49. The molecular formula is C16H15ClN2O2. The molecule has 0 spiro atoms. The SMILES string of the molecule is CN(C(=O)NCc1ccccc1)C(=O)c1ccccc1Cl. The number of nitrogens with one attached hydrogen (secondary N) is 1. The Morgan fingerprint density at radius 3 is 2.33 bits per heavy atom. The van der Waals surface area contributed by atoms with Gasteiger partial charge in [-0.3, -0.25) is 9.69 Å². The quantitative estimate of drug-likeness (QED) is 0.945. The van der Waals surface area contributed by atoms with Crippen LogP contribution in [0.2, 0.25) is 5.02 Å². The van der Waals surface area contributed by atoms with Crippen molar-refractivity contribution in [3.05, 3.63) is 70.7 Å². The lowest BCUT2D eigenvalue weighted by Gasteiger charge is -2.17. The minimum absolute atomic E-state index is 0.302. The molecule has 108 valence electrons. The zero-order valence-electron chi connectivity index (χ0n) is 11.5. The van der Waals surface area contributed by atoms with Crippen molar-refractivity contribution in [2.45, 2.75) is 6.54 Å². The maximum Gasteiger partial charge on any atom is 0.324 e. The number of carbonyl (C=O) groups is 2. The van der Waals surface area contributed by atoms with Gasteiger partial charge in [0.1, 0.15) is 0 Å². The second kappa shape index (κ2) is 6.90. The molecule has 0 unspecified atom stereocenters. The molecule has 0 saturated carbocycles. The number of amides is 3. The molecular weight excluding hydrogens is 288 g/mol. The minimum Gasteiger partial charge on any atom is -0.334 e. The Morgan fingerprint density at radius 2 is 1.67 bits per heavy atom. The van der Waals surface area contributed by atoms with Crippen LogP contribution in [0.15, 0.2) is 54.6 Å². The highest BCUT2D eigenvalue weighted by atomic mass is 35.5. The van der Waals surface area contributed by atoms with Gasteiger partial charge in [-0.15, -0.1) is 0 Å². The van der Waals surface area contributed by atoms with E-state index in [0.717, 1.165) is 10.5 Å². The van der Waals surface area contributed by atoms with E-state index in [4.69, 9.17) is 11.6 Å². The molecule has 21 heavy (non-hydrogen) atoms. The molecule has 2 aromatic rings. The highest BCUT2D eigenvalue weighted by Crippen LogP contribution is 2.16. The van der Waals surface area contributed by atoms with Gasteiger partial charge in [0.2, 0.25) is 0 Å². The van der Waals surface area contributed by atoms with Gasteiger partial charge < -0.3 is 5.32 Å². The Bertz CT molecular complexity index is 644. The van der Waals surface area contributed by atoms with E-state index in [0.29, 0.717) is 17.1 Å². The van der Waals surface area contributed by atoms with E-state index >= 15 is 0 Å². The molecule has 0 aliphatic heterocycles. The van der Waals surface area contributed by atoms with E-state index in [1.54, 1.807) is 24.3 Å². The maximum absolute atomic E-state index is 12.2. The molecule has 0 fully saturated rings. The van der Waals surface area contributed by atoms with Crippen molar-refractivity contribution in [1.29, 1.82) is 0 Å². The van der Waals surface area contributed by atoms with Crippen LogP contribution in [0.1, 0.15) is 15.9 Å². The summed E-state index contributed by atoms with van der Waals surface area (Å²) in [5, 5.41) is 3.02. The summed E-state index contributed by atoms with van der Waals surface area (Å²) in [4.78, 5) is 25.2. The van der Waals surface area contributed by atoms with Gasteiger partial charge in [-0.1, -0.05) is 54.1 Å². The summed E-state index contributed by atoms with van der Waals surface area (Å²) in [5.41, 5.74) is 1.26. The van der Waals surface area contributed by atoms with Crippen LogP contribution in [0, 0.1) is 0 Å². The number of halogens is 1. The maximum atomic E-state index is 12.2. The van der Waals surface area contributed by atoms with E-state index < -0.39 is 11.9 Å². The first kappa shape index (κ1) is 15.1. The smallest absolute Gasteiger partial charge is 0.324 e. The molecule has 1 N–H and O–H groups in total. The number of hydrogen-bond acceptors (Lipinski definition) is 2. The van der Waals surface area contributed by atoms with Crippen molar-refractivity contribution in [2.24, 2.45) is 0 Å². The fourth-order valence-electron chi connectivity index (χ4n) is 1.80. The van der Waals surface area contributed by atoms with Gasteiger partial charge in [0.25, 0.3) is 5.91 Å². The number of rotatable bonds is 3. The zero-order valence-corrected chi connectivity index (χ0v) is 12.3. The van der Waals surface area contributed by atoms with Crippen molar-refractivity contribution in [1.82, 2.24) is 10.2 Å². The van der Waals surface area contributed by atoms with Crippen LogP contribution in [-0.2, 0) is 6.54 Å². The predicted molar refractivity (Wildman–Crippen MR) is 82.2 cm³/mol. The minimum atomic E-state index is -0.469. The van der Waals surface area contributed by atoms with Crippen molar-refractivity contribution in [3.63, 3.8) is 0 Å². The van der Waals surface area contributed by atoms with Gasteiger partial charge in [0, 0.05) is 13.6 Å². The van der Waals surface area contributed by atoms with Gasteiger partial charge >= 0.3 is 6.03 Å². The predicted octanol–water partition coefficient (Wildman–Crippen LogP) is 3.32.